The topological polar surface area (TPSA) is 118 Å². The van der Waals surface area contributed by atoms with E-state index in [9.17, 15) is 5.11 Å². The van der Waals surface area contributed by atoms with Crippen molar-refractivity contribution >= 4 is 17.0 Å². The van der Waals surface area contributed by atoms with Gasteiger partial charge in [-0.1, -0.05) is 0 Å². The molecule has 4 rings (SSSR count). The van der Waals surface area contributed by atoms with E-state index in [0.29, 0.717) is 17.0 Å². The number of imidazole rings is 1. The molecule has 9 nitrogen and oxygen atoms in total. The maximum absolute atomic E-state index is 9.52. The number of ether oxygens (including phenoxy) is 3. The Morgan fingerprint density at radius 2 is 2.05 bits per heavy atom. The van der Waals surface area contributed by atoms with Crippen molar-refractivity contribution in [2.24, 2.45) is 0 Å². The highest BCUT2D eigenvalue weighted by Crippen LogP contribution is 2.43. The molecule has 4 heterocycles. The number of anilines is 1. The van der Waals surface area contributed by atoms with Crippen molar-refractivity contribution in [1.82, 2.24) is 19.5 Å². The Hall–Kier alpha value is -1.81. The molecule has 0 bridgehead atoms. The van der Waals surface area contributed by atoms with E-state index in [0.717, 1.165) is 0 Å². The van der Waals surface area contributed by atoms with Gasteiger partial charge in [0.1, 0.15) is 30.2 Å². The van der Waals surface area contributed by atoms with Crippen molar-refractivity contribution < 1.29 is 19.3 Å². The first-order valence-electron chi connectivity index (χ1n) is 7.05. The van der Waals surface area contributed by atoms with Gasteiger partial charge in [-0.3, -0.25) is 4.57 Å². The van der Waals surface area contributed by atoms with Crippen molar-refractivity contribution in [2.45, 2.75) is 44.2 Å². The molecule has 4 atom stereocenters. The van der Waals surface area contributed by atoms with Gasteiger partial charge >= 0.3 is 0 Å². The van der Waals surface area contributed by atoms with Gasteiger partial charge in [0.15, 0.2) is 23.5 Å². The number of aliphatic hydroxyl groups is 1. The second-order valence-corrected chi connectivity index (χ2v) is 5.90. The third-order valence-corrected chi connectivity index (χ3v) is 3.97. The summed E-state index contributed by atoms with van der Waals surface area (Å²) >= 11 is 0. The van der Waals surface area contributed by atoms with Crippen LogP contribution in [0.15, 0.2) is 12.7 Å². The molecule has 0 spiro atoms. The number of aromatic nitrogens is 4. The van der Waals surface area contributed by atoms with Gasteiger partial charge in [0.2, 0.25) is 0 Å². The van der Waals surface area contributed by atoms with E-state index in [1.165, 1.54) is 6.33 Å². The summed E-state index contributed by atoms with van der Waals surface area (Å²) in [6, 6.07) is 0. The van der Waals surface area contributed by atoms with Crippen molar-refractivity contribution in [3.8, 4) is 0 Å². The highest BCUT2D eigenvalue weighted by atomic mass is 16.8. The van der Waals surface area contributed by atoms with E-state index in [1.54, 1.807) is 10.9 Å². The van der Waals surface area contributed by atoms with Gasteiger partial charge in [-0.05, 0) is 13.8 Å². The number of fused-ring (bicyclic) bond motifs is 2. The molecule has 2 aromatic rings. The smallest absolute Gasteiger partial charge is 0.167 e. The molecule has 2 aromatic heterocycles. The van der Waals surface area contributed by atoms with Crippen LogP contribution in [0, 0.1) is 0 Å². The van der Waals surface area contributed by atoms with Crippen molar-refractivity contribution in [3.05, 3.63) is 12.7 Å². The fraction of sp³-hybridized carbons (Fsp3) is 0.615. The second-order valence-electron chi connectivity index (χ2n) is 5.90. The third-order valence-electron chi connectivity index (χ3n) is 3.97. The van der Waals surface area contributed by atoms with Gasteiger partial charge in [-0.15, -0.1) is 0 Å². The van der Waals surface area contributed by atoms with Crippen LogP contribution in [0.3, 0.4) is 0 Å². The lowest BCUT2D eigenvalue weighted by Crippen LogP contribution is -2.31. The molecular weight excluding hydrogens is 290 g/mol. The molecule has 0 aromatic carbocycles. The van der Waals surface area contributed by atoms with Gasteiger partial charge in [-0.25, -0.2) is 15.0 Å². The Balaban J connectivity index is 1.77. The highest BCUT2D eigenvalue weighted by molar-refractivity contribution is 5.81. The summed E-state index contributed by atoms with van der Waals surface area (Å²) in [5, 5.41) is 9.52. The molecule has 2 fully saturated rings. The van der Waals surface area contributed by atoms with E-state index >= 15 is 0 Å². The summed E-state index contributed by atoms with van der Waals surface area (Å²) < 4.78 is 19.4. The third kappa shape index (κ3) is 1.90. The minimum absolute atomic E-state index is 0.152. The fourth-order valence-electron chi connectivity index (χ4n) is 3.09. The lowest BCUT2D eigenvalue weighted by molar-refractivity contribution is -0.199. The molecule has 0 amide bonds. The van der Waals surface area contributed by atoms with Gasteiger partial charge < -0.3 is 25.1 Å². The van der Waals surface area contributed by atoms with Gasteiger partial charge in [-0.2, -0.15) is 0 Å². The zero-order valence-corrected chi connectivity index (χ0v) is 12.2. The molecule has 9 heteroatoms. The molecule has 0 unspecified atom stereocenters. The summed E-state index contributed by atoms with van der Waals surface area (Å²) in [6.45, 7) is 3.52. The van der Waals surface area contributed by atoms with E-state index < -0.39 is 18.1 Å². The van der Waals surface area contributed by atoms with Crippen LogP contribution in [-0.4, -0.2) is 55.3 Å². The number of nitrogens with zero attached hydrogens (tertiary/aromatic N) is 4. The van der Waals surface area contributed by atoms with Crippen LogP contribution < -0.4 is 5.73 Å². The maximum Gasteiger partial charge on any atom is 0.167 e. The predicted molar refractivity (Wildman–Crippen MR) is 74.6 cm³/mol. The number of hydrogen-bond acceptors (Lipinski definition) is 8. The molecule has 2 saturated heterocycles. The Labute approximate surface area is 126 Å². The van der Waals surface area contributed by atoms with Gasteiger partial charge in [0.05, 0.1) is 12.9 Å². The average Bonchev–Trinajstić information content (AvgIpc) is 3.10. The zero-order chi connectivity index (χ0) is 15.5. The molecule has 0 radical (unpaired) electrons. The summed E-state index contributed by atoms with van der Waals surface area (Å²) in [5.74, 6) is -0.421. The summed E-state index contributed by atoms with van der Waals surface area (Å²) in [7, 11) is 0. The average molecular weight is 307 g/mol. The number of rotatable bonds is 2. The van der Waals surface area contributed by atoms with E-state index in [1.807, 2.05) is 13.8 Å². The van der Waals surface area contributed by atoms with Crippen LogP contribution in [0.4, 0.5) is 5.82 Å². The lowest BCUT2D eigenvalue weighted by Gasteiger charge is -2.24. The Morgan fingerprint density at radius 1 is 1.27 bits per heavy atom. The van der Waals surface area contributed by atoms with Gasteiger partial charge in [0.25, 0.3) is 0 Å². The van der Waals surface area contributed by atoms with Crippen LogP contribution in [0.25, 0.3) is 11.2 Å². The van der Waals surface area contributed by atoms with Crippen molar-refractivity contribution in [3.63, 3.8) is 0 Å². The zero-order valence-electron chi connectivity index (χ0n) is 12.2. The van der Waals surface area contributed by atoms with Crippen molar-refractivity contribution in [2.75, 3.05) is 12.3 Å². The number of nitrogen functional groups attached to an aromatic ring is 1. The highest BCUT2D eigenvalue weighted by Gasteiger charge is 2.55. The Kier molecular flexibility index (Phi) is 2.89. The normalized spacial score (nSPS) is 33.4. The fourth-order valence-corrected chi connectivity index (χ4v) is 3.09. The van der Waals surface area contributed by atoms with E-state index in [2.05, 4.69) is 15.0 Å². The maximum atomic E-state index is 9.52. The minimum atomic E-state index is -0.727. The molecule has 2 aliphatic rings. The first-order chi connectivity index (χ1) is 10.5. The molecule has 0 aliphatic carbocycles. The van der Waals surface area contributed by atoms with Crippen LogP contribution in [0.5, 0.6) is 0 Å². The van der Waals surface area contributed by atoms with E-state index in [-0.39, 0.29) is 18.8 Å². The van der Waals surface area contributed by atoms with Crippen LogP contribution in [0.2, 0.25) is 0 Å². The van der Waals surface area contributed by atoms with Crippen molar-refractivity contribution in [1.29, 1.82) is 0 Å². The number of aliphatic hydroxyl groups excluding tert-OH is 1. The van der Waals surface area contributed by atoms with Crippen LogP contribution in [0.1, 0.15) is 20.1 Å². The number of hydrogen-bond donors (Lipinski definition) is 2. The minimum Gasteiger partial charge on any atom is -0.394 e. The molecule has 22 heavy (non-hydrogen) atoms. The van der Waals surface area contributed by atoms with E-state index in [4.69, 9.17) is 19.9 Å². The largest absolute Gasteiger partial charge is 0.394 e. The standard InChI is InChI=1S/C13H17N5O4/c1-13(2)21-8-6(3-19)20-12(9(8)22-13)18-5-17-7-10(14)15-4-16-11(7)18/h4-6,8-9,12,19H,3H2,1-2H3,(H2,14,15,16)/t6-,8+,9-,12-/m0/s1. The first-order valence-corrected chi connectivity index (χ1v) is 7.05. The molecule has 2 aliphatic heterocycles. The summed E-state index contributed by atoms with van der Waals surface area (Å²) in [5.41, 5.74) is 6.87. The predicted octanol–water partition coefficient (Wildman–Crippen LogP) is -0.182. The quantitative estimate of drug-likeness (QED) is 0.784. The van der Waals surface area contributed by atoms with Crippen LogP contribution in [-0.2, 0) is 14.2 Å². The molecular formula is C13H17N5O4. The summed E-state index contributed by atoms with van der Waals surface area (Å²) in [4.78, 5) is 12.4. The molecule has 118 valence electrons. The Morgan fingerprint density at radius 3 is 2.82 bits per heavy atom. The second kappa shape index (κ2) is 4.59. The first kappa shape index (κ1) is 13.8. The SMILES string of the molecule is CC1(C)O[C@H]2[C@H](O1)[C@@H](n1cnc3c(N)ncnc31)O[C@H]2CO. The summed E-state index contributed by atoms with van der Waals surface area (Å²) in [6.07, 6.45) is 1.30. The lowest BCUT2D eigenvalue weighted by atomic mass is 10.1. The van der Waals surface area contributed by atoms with Gasteiger partial charge in [0, 0.05) is 0 Å². The van der Waals surface area contributed by atoms with Crippen LogP contribution >= 0.6 is 0 Å². The monoisotopic (exact) mass is 307 g/mol. The molecule has 3 N–H and O–H groups in total. The molecule has 0 saturated carbocycles. The number of nitrogens with two attached hydrogens (primary N) is 1. The Bertz CT molecular complexity index is 718.